The molecule has 2 aromatic rings. The fourth-order valence-corrected chi connectivity index (χ4v) is 1.82. The summed E-state index contributed by atoms with van der Waals surface area (Å²) in [7, 11) is 1.27. The second-order valence-corrected chi connectivity index (χ2v) is 4.42. The van der Waals surface area contributed by atoms with Gasteiger partial charge in [-0.1, -0.05) is 11.6 Å². The normalized spacial score (nSPS) is 12.3. The minimum absolute atomic E-state index is 0.124. The maximum absolute atomic E-state index is 11.9. The number of benzene rings is 1. The van der Waals surface area contributed by atoms with Gasteiger partial charge in [0.25, 0.3) is 5.91 Å². The highest BCUT2D eigenvalue weighted by molar-refractivity contribution is 5.96. The van der Waals surface area contributed by atoms with Crippen molar-refractivity contribution in [3.8, 4) is 0 Å². The Bertz CT molecular complexity index is 646. The van der Waals surface area contributed by atoms with Gasteiger partial charge in [0.1, 0.15) is 5.58 Å². The van der Waals surface area contributed by atoms with Crippen LogP contribution in [-0.2, 0) is 9.53 Å². The third-order valence-corrected chi connectivity index (χ3v) is 2.90. The second-order valence-electron chi connectivity index (χ2n) is 4.42. The van der Waals surface area contributed by atoms with Crippen molar-refractivity contribution in [2.45, 2.75) is 13.0 Å². The Morgan fingerprint density at radius 3 is 2.80 bits per heavy atom. The van der Waals surface area contributed by atoms with Crippen molar-refractivity contribution < 1.29 is 23.8 Å². The molecule has 1 aromatic carbocycles. The summed E-state index contributed by atoms with van der Waals surface area (Å²) in [5, 5.41) is 12.1. The Morgan fingerprint density at radius 2 is 2.15 bits per heavy atom. The number of nitrogens with one attached hydrogen (secondary N) is 1. The summed E-state index contributed by atoms with van der Waals surface area (Å²) in [5.74, 6) is -1.46. The zero-order valence-corrected chi connectivity index (χ0v) is 11.2. The molecule has 0 bridgehead atoms. The highest BCUT2D eigenvalue weighted by atomic mass is 16.5. The van der Waals surface area contributed by atoms with Crippen LogP contribution in [0.25, 0.3) is 11.0 Å². The molecule has 0 saturated carbocycles. The summed E-state index contributed by atoms with van der Waals surface area (Å²) in [6.07, 6.45) is -1.08. The molecular weight excluding hydrogens is 262 g/mol. The molecule has 0 fully saturated rings. The van der Waals surface area contributed by atoms with Crippen molar-refractivity contribution in [1.82, 2.24) is 5.32 Å². The SMILES string of the molecule is COC(CNC(=O)c1cc2cc(C)ccc2o1)C(=O)O. The van der Waals surface area contributed by atoms with Gasteiger partial charge in [-0.05, 0) is 25.1 Å². The fourth-order valence-electron chi connectivity index (χ4n) is 1.82. The minimum Gasteiger partial charge on any atom is -0.479 e. The molecule has 0 aliphatic heterocycles. The maximum Gasteiger partial charge on any atom is 0.334 e. The molecule has 6 heteroatoms. The number of aliphatic carboxylic acids is 1. The third-order valence-electron chi connectivity index (χ3n) is 2.90. The molecule has 1 atom stereocenters. The predicted octanol–water partition coefficient (Wildman–Crippen LogP) is 1.57. The van der Waals surface area contributed by atoms with Crippen molar-refractivity contribution in [2.24, 2.45) is 0 Å². The van der Waals surface area contributed by atoms with Gasteiger partial charge in [0.05, 0.1) is 6.54 Å². The lowest BCUT2D eigenvalue weighted by Gasteiger charge is -2.10. The number of fused-ring (bicyclic) bond motifs is 1. The predicted molar refractivity (Wildman–Crippen MR) is 71.7 cm³/mol. The zero-order valence-electron chi connectivity index (χ0n) is 11.2. The van der Waals surface area contributed by atoms with E-state index in [9.17, 15) is 9.59 Å². The van der Waals surface area contributed by atoms with E-state index < -0.39 is 18.0 Å². The van der Waals surface area contributed by atoms with Crippen LogP contribution < -0.4 is 5.32 Å². The third kappa shape index (κ3) is 2.97. The van der Waals surface area contributed by atoms with Crippen LogP contribution in [0, 0.1) is 6.92 Å². The van der Waals surface area contributed by atoms with Crippen molar-refractivity contribution in [2.75, 3.05) is 13.7 Å². The lowest BCUT2D eigenvalue weighted by atomic mass is 10.2. The summed E-state index contributed by atoms with van der Waals surface area (Å²) in [6, 6.07) is 7.21. The topological polar surface area (TPSA) is 88.8 Å². The van der Waals surface area contributed by atoms with Gasteiger partial charge in [-0.3, -0.25) is 4.79 Å². The van der Waals surface area contributed by atoms with E-state index in [1.165, 1.54) is 7.11 Å². The van der Waals surface area contributed by atoms with E-state index in [4.69, 9.17) is 14.3 Å². The van der Waals surface area contributed by atoms with Gasteiger partial charge < -0.3 is 19.6 Å². The van der Waals surface area contributed by atoms with Crippen molar-refractivity contribution in [1.29, 1.82) is 0 Å². The fraction of sp³-hybridized carbons (Fsp3) is 0.286. The first-order valence-corrected chi connectivity index (χ1v) is 6.05. The van der Waals surface area contributed by atoms with E-state index in [0.29, 0.717) is 5.58 Å². The van der Waals surface area contributed by atoms with Crippen LogP contribution in [-0.4, -0.2) is 36.7 Å². The minimum atomic E-state index is -1.13. The largest absolute Gasteiger partial charge is 0.479 e. The van der Waals surface area contributed by atoms with Gasteiger partial charge in [0.2, 0.25) is 0 Å². The Kier molecular flexibility index (Phi) is 4.05. The number of carboxylic acid groups (broad SMARTS) is 1. The lowest BCUT2D eigenvalue weighted by molar-refractivity contribution is -0.148. The molecule has 20 heavy (non-hydrogen) atoms. The van der Waals surface area contributed by atoms with Gasteiger partial charge in [0, 0.05) is 12.5 Å². The Balaban J connectivity index is 2.09. The molecule has 2 N–H and O–H groups in total. The van der Waals surface area contributed by atoms with Crippen molar-refractivity contribution in [3.63, 3.8) is 0 Å². The van der Waals surface area contributed by atoms with Gasteiger partial charge >= 0.3 is 5.97 Å². The molecule has 0 aliphatic carbocycles. The first kappa shape index (κ1) is 14.1. The summed E-state index contributed by atoms with van der Waals surface area (Å²) >= 11 is 0. The molecule has 1 amide bonds. The number of hydrogen-bond acceptors (Lipinski definition) is 4. The van der Waals surface area contributed by atoms with E-state index >= 15 is 0 Å². The molecule has 0 aliphatic rings. The summed E-state index contributed by atoms with van der Waals surface area (Å²) in [6.45, 7) is 1.82. The highest BCUT2D eigenvalue weighted by Crippen LogP contribution is 2.20. The Labute approximate surface area is 115 Å². The zero-order chi connectivity index (χ0) is 14.7. The quantitative estimate of drug-likeness (QED) is 0.866. The van der Waals surface area contributed by atoms with E-state index in [2.05, 4.69) is 5.32 Å². The molecule has 1 aromatic heterocycles. The number of aryl methyl sites for hydroxylation is 1. The van der Waals surface area contributed by atoms with Crippen LogP contribution in [0.3, 0.4) is 0 Å². The molecule has 0 spiro atoms. The first-order valence-electron chi connectivity index (χ1n) is 6.05. The smallest absolute Gasteiger partial charge is 0.334 e. The van der Waals surface area contributed by atoms with Crippen LogP contribution in [0.5, 0.6) is 0 Å². The van der Waals surface area contributed by atoms with Gasteiger partial charge in [0.15, 0.2) is 11.9 Å². The number of amides is 1. The number of ether oxygens (including phenoxy) is 1. The standard InChI is InChI=1S/C14H15NO5/c1-8-3-4-10-9(5-8)6-11(20-10)13(16)15-7-12(19-2)14(17)18/h3-6,12H,7H2,1-2H3,(H,15,16)(H,17,18). The number of furan rings is 1. The van der Waals surface area contributed by atoms with Gasteiger partial charge in [-0.2, -0.15) is 0 Å². The number of carbonyl (C=O) groups is 2. The number of methoxy groups -OCH3 is 1. The molecule has 2 rings (SSSR count). The molecule has 0 radical (unpaired) electrons. The molecular formula is C14H15NO5. The molecule has 1 unspecified atom stereocenters. The Morgan fingerprint density at radius 1 is 1.40 bits per heavy atom. The highest BCUT2D eigenvalue weighted by Gasteiger charge is 2.19. The van der Waals surface area contributed by atoms with Crippen LogP contribution in [0.1, 0.15) is 16.1 Å². The average Bonchev–Trinajstić information content (AvgIpc) is 2.81. The van der Waals surface area contributed by atoms with E-state index in [-0.39, 0.29) is 12.3 Å². The van der Waals surface area contributed by atoms with Crippen LogP contribution in [0.2, 0.25) is 0 Å². The van der Waals surface area contributed by atoms with Crippen molar-refractivity contribution >= 4 is 22.8 Å². The number of rotatable bonds is 5. The number of hydrogen-bond donors (Lipinski definition) is 2. The van der Waals surface area contributed by atoms with Gasteiger partial charge in [-0.25, -0.2) is 4.79 Å². The number of carboxylic acids is 1. The van der Waals surface area contributed by atoms with Crippen LogP contribution in [0.15, 0.2) is 28.7 Å². The van der Waals surface area contributed by atoms with E-state index in [1.54, 1.807) is 12.1 Å². The average molecular weight is 277 g/mol. The van der Waals surface area contributed by atoms with E-state index in [1.807, 2.05) is 19.1 Å². The van der Waals surface area contributed by atoms with Crippen LogP contribution >= 0.6 is 0 Å². The molecule has 0 saturated heterocycles. The molecule has 106 valence electrons. The second kappa shape index (κ2) is 5.75. The van der Waals surface area contributed by atoms with E-state index in [0.717, 1.165) is 10.9 Å². The van der Waals surface area contributed by atoms with Crippen LogP contribution in [0.4, 0.5) is 0 Å². The monoisotopic (exact) mass is 277 g/mol. The summed E-state index contributed by atoms with van der Waals surface area (Å²) in [4.78, 5) is 22.6. The lowest BCUT2D eigenvalue weighted by Crippen LogP contribution is -2.37. The summed E-state index contributed by atoms with van der Waals surface area (Å²) < 4.78 is 10.1. The van der Waals surface area contributed by atoms with Gasteiger partial charge in [-0.15, -0.1) is 0 Å². The molecule has 1 heterocycles. The Hall–Kier alpha value is -2.34. The van der Waals surface area contributed by atoms with Crippen molar-refractivity contribution in [3.05, 3.63) is 35.6 Å². The first-order chi connectivity index (χ1) is 9.51. The maximum atomic E-state index is 11.9. The summed E-state index contributed by atoms with van der Waals surface area (Å²) in [5.41, 5.74) is 1.68. The number of carbonyl (C=O) groups excluding carboxylic acids is 1. The molecule has 6 nitrogen and oxygen atoms in total.